The standard InChI is InChI=1S/C19H9F12NO3/c20-16(21,22)11-7-10(14(33)32(18(26,27)28)19(29,30)31)12(15(34)35)9(13(11)17(23,24)25)6-8-4-2-1-3-5-8/h1-5,7H,6H2,(H,34,35). The monoisotopic (exact) mass is 527 g/mol. The predicted molar refractivity (Wildman–Crippen MR) is 90.9 cm³/mol. The highest BCUT2D eigenvalue weighted by Crippen LogP contribution is 2.46. The van der Waals surface area contributed by atoms with Gasteiger partial charge in [0.2, 0.25) is 0 Å². The summed E-state index contributed by atoms with van der Waals surface area (Å²) in [5.74, 6) is -6.03. The molecule has 0 aliphatic carbocycles. The van der Waals surface area contributed by atoms with Crippen LogP contribution in [-0.4, -0.2) is 34.5 Å². The Morgan fingerprint density at radius 1 is 0.771 bits per heavy atom. The van der Waals surface area contributed by atoms with Gasteiger partial charge in [-0.05, 0) is 23.6 Å². The molecule has 35 heavy (non-hydrogen) atoms. The summed E-state index contributed by atoms with van der Waals surface area (Å²) in [4.78, 5) is 21.1. The fourth-order valence-electron chi connectivity index (χ4n) is 3.17. The Hall–Kier alpha value is -3.46. The highest BCUT2D eigenvalue weighted by Gasteiger charge is 2.58. The number of carbonyl (C=O) groups excluding carboxylic acids is 1. The molecule has 1 amide bonds. The van der Waals surface area contributed by atoms with Crippen LogP contribution in [0.3, 0.4) is 0 Å². The van der Waals surface area contributed by atoms with Crippen molar-refractivity contribution in [1.29, 1.82) is 0 Å². The van der Waals surface area contributed by atoms with Gasteiger partial charge in [0.15, 0.2) is 0 Å². The zero-order valence-electron chi connectivity index (χ0n) is 16.4. The molecule has 16 heteroatoms. The lowest BCUT2D eigenvalue weighted by molar-refractivity contribution is -0.348. The average Bonchev–Trinajstić information content (AvgIpc) is 2.63. The molecule has 0 radical (unpaired) electrons. The number of hydrogen-bond donors (Lipinski definition) is 1. The maximum absolute atomic E-state index is 13.7. The molecule has 2 aromatic carbocycles. The molecule has 0 saturated heterocycles. The first-order valence-electron chi connectivity index (χ1n) is 8.77. The number of alkyl halides is 12. The van der Waals surface area contributed by atoms with Crippen LogP contribution in [-0.2, 0) is 18.8 Å². The van der Waals surface area contributed by atoms with Crippen LogP contribution >= 0.6 is 0 Å². The van der Waals surface area contributed by atoms with E-state index in [1.165, 1.54) is 6.07 Å². The first-order valence-corrected chi connectivity index (χ1v) is 8.77. The second-order valence-corrected chi connectivity index (χ2v) is 6.74. The van der Waals surface area contributed by atoms with Crippen molar-refractivity contribution in [3.05, 3.63) is 69.8 Å². The van der Waals surface area contributed by atoms with Crippen molar-refractivity contribution in [2.75, 3.05) is 0 Å². The van der Waals surface area contributed by atoms with E-state index in [-0.39, 0.29) is 5.56 Å². The Kier molecular flexibility index (Phi) is 7.11. The molecule has 192 valence electrons. The number of nitrogens with zero attached hydrogens (tertiary/aromatic N) is 1. The molecule has 4 nitrogen and oxygen atoms in total. The van der Waals surface area contributed by atoms with Crippen molar-refractivity contribution < 1.29 is 67.4 Å². The van der Waals surface area contributed by atoms with E-state index in [9.17, 15) is 67.4 Å². The summed E-state index contributed by atoms with van der Waals surface area (Å²) in [5.41, 5.74) is -12.1. The highest BCUT2D eigenvalue weighted by atomic mass is 19.4. The normalized spacial score (nSPS) is 13.0. The van der Waals surface area contributed by atoms with Gasteiger partial charge in [0.05, 0.1) is 22.3 Å². The lowest BCUT2D eigenvalue weighted by Gasteiger charge is -2.29. The summed E-state index contributed by atoms with van der Waals surface area (Å²) in [5, 5.41) is 9.36. The fourth-order valence-corrected chi connectivity index (χ4v) is 3.17. The number of rotatable bonds is 4. The highest BCUT2D eigenvalue weighted by molar-refractivity contribution is 6.06. The lowest BCUT2D eigenvalue weighted by atomic mass is 9.86. The van der Waals surface area contributed by atoms with Gasteiger partial charge in [0.1, 0.15) is 0 Å². The maximum Gasteiger partial charge on any atom is 0.494 e. The molecule has 0 aliphatic rings. The average molecular weight is 527 g/mol. The summed E-state index contributed by atoms with van der Waals surface area (Å²) in [6, 6.07) is 4.66. The molecule has 2 aromatic rings. The van der Waals surface area contributed by atoms with Crippen molar-refractivity contribution in [2.24, 2.45) is 0 Å². The molecule has 0 fully saturated rings. The van der Waals surface area contributed by atoms with Crippen LogP contribution in [0.4, 0.5) is 52.7 Å². The molecule has 0 aliphatic heterocycles. The summed E-state index contributed by atoms with van der Waals surface area (Å²) >= 11 is 0. The molecular weight excluding hydrogens is 518 g/mol. The summed E-state index contributed by atoms with van der Waals surface area (Å²) in [6.45, 7) is 0. The first kappa shape index (κ1) is 27.8. The molecule has 0 aromatic heterocycles. The summed E-state index contributed by atoms with van der Waals surface area (Å²) in [6.07, 6.45) is -26.6. The molecule has 0 bridgehead atoms. The van der Waals surface area contributed by atoms with Gasteiger partial charge in [-0.15, -0.1) is 26.3 Å². The number of carboxylic acid groups (broad SMARTS) is 1. The van der Waals surface area contributed by atoms with E-state index in [0.717, 1.165) is 24.3 Å². The SMILES string of the molecule is O=C(O)c1c(C(=O)N(C(F)(F)F)C(F)(F)F)cc(C(F)(F)F)c(C(F)(F)F)c1Cc1ccccc1. The second-order valence-electron chi connectivity index (χ2n) is 6.74. The van der Waals surface area contributed by atoms with Gasteiger partial charge >= 0.3 is 30.9 Å². The minimum atomic E-state index is -6.62. The van der Waals surface area contributed by atoms with Crippen LogP contribution in [0.15, 0.2) is 36.4 Å². The van der Waals surface area contributed by atoms with Crippen LogP contribution in [0.1, 0.15) is 43.0 Å². The Bertz CT molecular complexity index is 1100. The zero-order valence-corrected chi connectivity index (χ0v) is 16.4. The largest absolute Gasteiger partial charge is 0.494 e. The van der Waals surface area contributed by atoms with E-state index in [1.54, 1.807) is 0 Å². The third-order valence-corrected chi connectivity index (χ3v) is 4.40. The Morgan fingerprint density at radius 2 is 1.26 bits per heavy atom. The molecule has 0 saturated carbocycles. The van der Waals surface area contributed by atoms with E-state index in [4.69, 9.17) is 0 Å². The van der Waals surface area contributed by atoms with Crippen molar-refractivity contribution in [1.82, 2.24) is 4.90 Å². The third kappa shape index (κ3) is 5.97. The van der Waals surface area contributed by atoms with Crippen molar-refractivity contribution in [2.45, 2.75) is 31.4 Å². The number of benzene rings is 2. The van der Waals surface area contributed by atoms with Crippen LogP contribution in [0.5, 0.6) is 0 Å². The topological polar surface area (TPSA) is 57.6 Å². The minimum absolute atomic E-state index is 0.290. The van der Waals surface area contributed by atoms with Crippen molar-refractivity contribution >= 4 is 11.9 Å². The van der Waals surface area contributed by atoms with E-state index in [0.29, 0.717) is 0 Å². The minimum Gasteiger partial charge on any atom is -0.478 e. The van der Waals surface area contributed by atoms with Gasteiger partial charge in [-0.1, -0.05) is 30.3 Å². The van der Waals surface area contributed by atoms with Gasteiger partial charge in [-0.3, -0.25) is 4.79 Å². The smallest absolute Gasteiger partial charge is 0.478 e. The summed E-state index contributed by atoms with van der Waals surface area (Å²) in [7, 11) is 0. The molecule has 1 N–H and O–H groups in total. The number of carboxylic acids is 1. The van der Waals surface area contributed by atoms with Crippen LogP contribution in [0, 0.1) is 0 Å². The lowest BCUT2D eigenvalue weighted by Crippen LogP contribution is -2.52. The Morgan fingerprint density at radius 3 is 1.63 bits per heavy atom. The number of hydrogen-bond acceptors (Lipinski definition) is 2. The molecule has 0 atom stereocenters. The molecule has 0 unspecified atom stereocenters. The van der Waals surface area contributed by atoms with E-state index in [2.05, 4.69) is 0 Å². The molecular formula is C19H9F12NO3. The number of carbonyl (C=O) groups is 2. The fraction of sp³-hybridized carbons (Fsp3) is 0.263. The Labute approximate surface area is 186 Å². The zero-order chi connectivity index (χ0) is 27.1. The van der Waals surface area contributed by atoms with Crippen LogP contribution in [0.25, 0.3) is 0 Å². The van der Waals surface area contributed by atoms with Crippen molar-refractivity contribution in [3.8, 4) is 0 Å². The molecule has 0 spiro atoms. The van der Waals surface area contributed by atoms with Gasteiger partial charge < -0.3 is 5.11 Å². The molecule has 2 rings (SSSR count). The number of amides is 1. The second kappa shape index (κ2) is 8.96. The van der Waals surface area contributed by atoms with Crippen LogP contribution in [0.2, 0.25) is 0 Å². The maximum atomic E-state index is 13.7. The van der Waals surface area contributed by atoms with E-state index >= 15 is 0 Å². The van der Waals surface area contributed by atoms with Gasteiger partial charge in [-0.25, -0.2) is 4.79 Å². The first-order chi connectivity index (χ1) is 15.7. The number of aromatic carboxylic acids is 1. The Balaban J connectivity index is 3.09. The van der Waals surface area contributed by atoms with Gasteiger partial charge in [0.25, 0.3) is 5.91 Å². The summed E-state index contributed by atoms with van der Waals surface area (Å²) < 4.78 is 160. The van der Waals surface area contributed by atoms with Crippen molar-refractivity contribution in [3.63, 3.8) is 0 Å². The van der Waals surface area contributed by atoms with Gasteiger partial charge in [0, 0.05) is 0 Å². The number of halogens is 12. The van der Waals surface area contributed by atoms with E-state index in [1.807, 2.05) is 0 Å². The third-order valence-electron chi connectivity index (χ3n) is 4.40. The predicted octanol–water partition coefficient (Wildman–Crippen LogP) is 6.50. The quantitative estimate of drug-likeness (QED) is 0.365. The molecule has 0 heterocycles. The van der Waals surface area contributed by atoms with E-state index < -0.39 is 82.0 Å². The van der Waals surface area contributed by atoms with Crippen LogP contribution < -0.4 is 0 Å². The van der Waals surface area contributed by atoms with Gasteiger partial charge in [-0.2, -0.15) is 31.2 Å².